The van der Waals surface area contributed by atoms with E-state index in [1.54, 1.807) is 12.1 Å². The second-order valence-corrected chi connectivity index (χ2v) is 3.71. The van der Waals surface area contributed by atoms with Crippen molar-refractivity contribution in [3.63, 3.8) is 0 Å². The lowest BCUT2D eigenvalue weighted by Gasteiger charge is -2.11. The van der Waals surface area contributed by atoms with Crippen molar-refractivity contribution < 1.29 is 19.4 Å². The van der Waals surface area contributed by atoms with Gasteiger partial charge in [-0.3, -0.25) is 0 Å². The molecule has 4 nitrogen and oxygen atoms in total. The summed E-state index contributed by atoms with van der Waals surface area (Å²) in [5.74, 6) is -0.0976. The Balaban J connectivity index is 3.29. The van der Waals surface area contributed by atoms with Crippen molar-refractivity contribution in [3.05, 3.63) is 28.3 Å². The highest BCUT2D eigenvalue weighted by Crippen LogP contribution is 2.38. The van der Waals surface area contributed by atoms with Crippen LogP contribution >= 0.6 is 11.6 Å². The number of carboxylic acid groups (broad SMARTS) is 1. The zero-order chi connectivity index (χ0) is 13.0. The number of halogens is 1. The third kappa shape index (κ3) is 2.91. The van der Waals surface area contributed by atoms with E-state index < -0.39 is 5.97 Å². The van der Waals surface area contributed by atoms with E-state index in [2.05, 4.69) is 0 Å². The number of carbonyl (C=O) groups is 1. The van der Waals surface area contributed by atoms with Crippen molar-refractivity contribution in [2.24, 2.45) is 0 Å². The minimum Gasteiger partial charge on any atom is -0.493 e. The van der Waals surface area contributed by atoms with E-state index in [1.807, 2.05) is 0 Å². The van der Waals surface area contributed by atoms with Crippen molar-refractivity contribution in [2.75, 3.05) is 14.2 Å². The highest BCUT2D eigenvalue weighted by Gasteiger charge is 2.12. The van der Waals surface area contributed by atoms with E-state index in [0.29, 0.717) is 22.1 Å². The van der Waals surface area contributed by atoms with Crippen LogP contribution in [0.1, 0.15) is 12.5 Å². The molecule has 1 aromatic carbocycles. The van der Waals surface area contributed by atoms with E-state index in [0.717, 1.165) is 0 Å². The standard InChI is InChI=1S/C12H13ClO4/c1-7(12(14)15)6-8-4-5-9(16-2)11(17-3)10(8)13/h4-6H,1-3H3,(H,14,15)/b7-6+. The maximum absolute atomic E-state index is 10.7. The Morgan fingerprint density at radius 1 is 1.35 bits per heavy atom. The van der Waals surface area contributed by atoms with Gasteiger partial charge in [0.05, 0.1) is 19.2 Å². The third-order valence-corrected chi connectivity index (χ3v) is 2.61. The van der Waals surface area contributed by atoms with Gasteiger partial charge >= 0.3 is 5.97 Å². The van der Waals surface area contributed by atoms with Gasteiger partial charge in [-0.1, -0.05) is 11.6 Å². The average Bonchev–Trinajstić information content (AvgIpc) is 2.31. The molecule has 0 aromatic heterocycles. The summed E-state index contributed by atoms with van der Waals surface area (Å²) in [7, 11) is 2.98. The van der Waals surface area contributed by atoms with Gasteiger partial charge in [-0.25, -0.2) is 4.79 Å². The van der Waals surface area contributed by atoms with Crippen LogP contribution in [0.15, 0.2) is 17.7 Å². The van der Waals surface area contributed by atoms with E-state index in [4.69, 9.17) is 26.2 Å². The summed E-state index contributed by atoms with van der Waals surface area (Å²) < 4.78 is 10.2. The minimum atomic E-state index is -0.990. The molecule has 0 fully saturated rings. The first-order valence-corrected chi connectivity index (χ1v) is 5.21. The number of hydrogen-bond donors (Lipinski definition) is 1. The Labute approximate surface area is 104 Å². The molecule has 1 aromatic rings. The van der Waals surface area contributed by atoms with Crippen LogP contribution in [0.2, 0.25) is 5.02 Å². The predicted molar refractivity (Wildman–Crippen MR) is 65.8 cm³/mol. The van der Waals surface area contributed by atoms with Gasteiger partial charge in [0.15, 0.2) is 11.5 Å². The number of aliphatic carboxylic acids is 1. The number of ether oxygens (including phenoxy) is 2. The molecule has 0 aliphatic heterocycles. The van der Waals surface area contributed by atoms with Gasteiger partial charge in [0, 0.05) is 5.57 Å². The zero-order valence-electron chi connectivity index (χ0n) is 9.78. The van der Waals surface area contributed by atoms with E-state index >= 15 is 0 Å². The van der Waals surface area contributed by atoms with Crippen LogP contribution in [-0.4, -0.2) is 25.3 Å². The largest absolute Gasteiger partial charge is 0.493 e. The van der Waals surface area contributed by atoms with Gasteiger partial charge in [0.1, 0.15) is 0 Å². The van der Waals surface area contributed by atoms with E-state index in [-0.39, 0.29) is 5.57 Å². The molecule has 17 heavy (non-hydrogen) atoms. The molecular formula is C12H13ClO4. The molecule has 0 atom stereocenters. The summed E-state index contributed by atoms with van der Waals surface area (Å²) in [5.41, 5.74) is 0.767. The van der Waals surface area contributed by atoms with Crippen molar-refractivity contribution in [1.82, 2.24) is 0 Å². The first-order valence-electron chi connectivity index (χ1n) is 4.83. The van der Waals surface area contributed by atoms with Crippen LogP contribution in [0.25, 0.3) is 6.08 Å². The number of carboxylic acids is 1. The Hall–Kier alpha value is -1.68. The average molecular weight is 257 g/mol. The fourth-order valence-corrected chi connectivity index (χ4v) is 1.60. The molecule has 0 bridgehead atoms. The van der Waals surface area contributed by atoms with Crippen LogP contribution in [0.5, 0.6) is 11.5 Å². The highest BCUT2D eigenvalue weighted by molar-refractivity contribution is 6.34. The lowest BCUT2D eigenvalue weighted by Crippen LogP contribution is -1.97. The van der Waals surface area contributed by atoms with Gasteiger partial charge < -0.3 is 14.6 Å². The molecule has 0 amide bonds. The highest BCUT2D eigenvalue weighted by atomic mass is 35.5. The molecular weight excluding hydrogens is 244 g/mol. The fourth-order valence-electron chi connectivity index (χ4n) is 1.31. The SMILES string of the molecule is COc1ccc(/C=C(\C)C(=O)O)c(Cl)c1OC. The van der Waals surface area contributed by atoms with Gasteiger partial charge in [-0.15, -0.1) is 0 Å². The summed E-state index contributed by atoms with van der Waals surface area (Å²) >= 11 is 6.10. The fraction of sp³-hybridized carbons (Fsp3) is 0.250. The van der Waals surface area contributed by atoms with Crippen LogP contribution in [0.4, 0.5) is 0 Å². The predicted octanol–water partition coefficient (Wildman–Crippen LogP) is 2.85. The quantitative estimate of drug-likeness (QED) is 0.842. The maximum Gasteiger partial charge on any atom is 0.331 e. The van der Waals surface area contributed by atoms with Crippen LogP contribution in [0.3, 0.4) is 0 Å². The maximum atomic E-state index is 10.7. The number of hydrogen-bond acceptors (Lipinski definition) is 3. The summed E-state index contributed by atoms with van der Waals surface area (Å²) in [5, 5.41) is 9.12. The molecule has 0 aliphatic rings. The zero-order valence-corrected chi connectivity index (χ0v) is 10.5. The van der Waals surface area contributed by atoms with Crippen molar-refractivity contribution >= 4 is 23.6 Å². The van der Waals surface area contributed by atoms with Crippen molar-refractivity contribution in [2.45, 2.75) is 6.92 Å². The number of benzene rings is 1. The molecule has 92 valence electrons. The molecule has 0 unspecified atom stereocenters. The normalized spacial score (nSPS) is 11.2. The molecule has 0 saturated heterocycles. The minimum absolute atomic E-state index is 0.194. The molecule has 5 heteroatoms. The summed E-state index contributed by atoms with van der Waals surface area (Å²) in [4.78, 5) is 10.7. The Morgan fingerprint density at radius 2 is 2.00 bits per heavy atom. The van der Waals surface area contributed by atoms with Gasteiger partial charge in [-0.2, -0.15) is 0 Å². The van der Waals surface area contributed by atoms with Gasteiger partial charge in [-0.05, 0) is 30.7 Å². The smallest absolute Gasteiger partial charge is 0.331 e. The molecule has 0 heterocycles. The van der Waals surface area contributed by atoms with Crippen LogP contribution in [-0.2, 0) is 4.79 Å². The Kier molecular flexibility index (Phi) is 4.40. The Bertz CT molecular complexity index is 466. The summed E-state index contributed by atoms with van der Waals surface area (Å²) in [6.07, 6.45) is 1.48. The monoisotopic (exact) mass is 256 g/mol. The van der Waals surface area contributed by atoms with Gasteiger partial charge in [0.2, 0.25) is 0 Å². The molecule has 0 spiro atoms. The van der Waals surface area contributed by atoms with Crippen molar-refractivity contribution in [1.29, 1.82) is 0 Å². The number of methoxy groups -OCH3 is 2. The van der Waals surface area contributed by atoms with Crippen LogP contribution in [0, 0.1) is 0 Å². The Morgan fingerprint density at radius 3 is 2.47 bits per heavy atom. The van der Waals surface area contributed by atoms with Crippen molar-refractivity contribution in [3.8, 4) is 11.5 Å². The molecule has 0 radical (unpaired) electrons. The van der Waals surface area contributed by atoms with Gasteiger partial charge in [0.25, 0.3) is 0 Å². The topological polar surface area (TPSA) is 55.8 Å². The first kappa shape index (κ1) is 13.4. The summed E-state index contributed by atoms with van der Waals surface area (Å²) in [6, 6.07) is 3.35. The first-order chi connectivity index (χ1) is 8.01. The van der Waals surface area contributed by atoms with Crippen LogP contribution < -0.4 is 9.47 Å². The lowest BCUT2D eigenvalue weighted by molar-refractivity contribution is -0.132. The van der Waals surface area contributed by atoms with E-state index in [1.165, 1.54) is 27.2 Å². The van der Waals surface area contributed by atoms with E-state index in [9.17, 15) is 4.79 Å². The molecule has 1 N–H and O–H groups in total. The molecule has 0 aliphatic carbocycles. The lowest BCUT2D eigenvalue weighted by atomic mass is 10.1. The summed E-state index contributed by atoms with van der Waals surface area (Å²) in [6.45, 7) is 1.50. The number of rotatable bonds is 4. The third-order valence-electron chi connectivity index (χ3n) is 2.22. The second kappa shape index (κ2) is 5.59. The second-order valence-electron chi connectivity index (χ2n) is 3.34. The molecule has 0 saturated carbocycles. The molecule has 1 rings (SSSR count).